The topological polar surface area (TPSA) is 52.5 Å². The molecule has 0 bridgehead atoms. The number of aliphatic hydroxyl groups excluding tert-OH is 2. The van der Waals surface area contributed by atoms with Crippen LogP contribution in [0, 0.1) is 34.5 Å². The van der Waals surface area contributed by atoms with Gasteiger partial charge in [-0.3, -0.25) is 0 Å². The summed E-state index contributed by atoms with van der Waals surface area (Å²) in [6.45, 7) is 8.35. The standard InChI is InChI=1S/C35H65NO2/c1-4-5-6-7-8-9-10-11-12-13-14-15-16-17-24-36-31-26-35(3)27(25-32(31)37)18-19-28-29-20-21-33(38)34(29,2)23-22-30(28)35/h27-33,36-38H,4-26H2,1-3H3/t27-,28-,29-,30-,31-,32-,33-,34-,35-/m0/s1. The molecule has 0 aromatic heterocycles. The van der Waals surface area contributed by atoms with Crippen molar-refractivity contribution in [2.75, 3.05) is 6.54 Å². The molecule has 3 nitrogen and oxygen atoms in total. The Morgan fingerprint density at radius 1 is 0.658 bits per heavy atom. The molecule has 0 aliphatic heterocycles. The van der Waals surface area contributed by atoms with Gasteiger partial charge in [-0.15, -0.1) is 0 Å². The Morgan fingerprint density at radius 2 is 1.24 bits per heavy atom. The second-order valence-corrected chi connectivity index (χ2v) is 15.0. The Kier molecular flexibility index (Phi) is 11.9. The van der Waals surface area contributed by atoms with E-state index in [0.29, 0.717) is 11.3 Å². The van der Waals surface area contributed by atoms with Gasteiger partial charge in [0.2, 0.25) is 0 Å². The Bertz CT molecular complexity index is 683. The first-order valence-corrected chi connectivity index (χ1v) is 17.5. The van der Waals surface area contributed by atoms with Crippen LogP contribution in [0.5, 0.6) is 0 Å². The molecule has 0 aromatic carbocycles. The summed E-state index contributed by atoms with van der Waals surface area (Å²) in [6, 6.07) is 0.277. The van der Waals surface area contributed by atoms with Crippen LogP contribution in [0.15, 0.2) is 0 Å². The zero-order valence-electron chi connectivity index (χ0n) is 25.7. The van der Waals surface area contributed by atoms with Crippen molar-refractivity contribution in [1.82, 2.24) is 5.32 Å². The smallest absolute Gasteiger partial charge is 0.0696 e. The predicted molar refractivity (Wildman–Crippen MR) is 161 cm³/mol. The van der Waals surface area contributed by atoms with Crippen LogP contribution in [0.25, 0.3) is 0 Å². The molecule has 4 fully saturated rings. The van der Waals surface area contributed by atoms with Gasteiger partial charge in [0, 0.05) is 6.04 Å². The second kappa shape index (κ2) is 14.7. The summed E-state index contributed by atoms with van der Waals surface area (Å²) in [7, 11) is 0. The molecule has 3 N–H and O–H groups in total. The van der Waals surface area contributed by atoms with Crippen LogP contribution < -0.4 is 5.32 Å². The molecule has 4 saturated carbocycles. The minimum absolute atomic E-state index is 0.0771. The van der Waals surface area contributed by atoms with E-state index in [9.17, 15) is 10.2 Å². The quantitative estimate of drug-likeness (QED) is 0.174. The van der Waals surface area contributed by atoms with Crippen molar-refractivity contribution in [3.63, 3.8) is 0 Å². The first-order valence-electron chi connectivity index (χ1n) is 17.5. The molecule has 0 amide bonds. The fourth-order valence-corrected chi connectivity index (χ4v) is 10.1. The third-order valence-electron chi connectivity index (χ3n) is 12.6. The average Bonchev–Trinajstić information content (AvgIpc) is 3.21. The van der Waals surface area contributed by atoms with E-state index in [4.69, 9.17) is 0 Å². The fraction of sp³-hybridized carbons (Fsp3) is 1.00. The molecular formula is C35H65NO2. The van der Waals surface area contributed by atoms with Gasteiger partial charge >= 0.3 is 0 Å². The maximum absolute atomic E-state index is 11.1. The van der Waals surface area contributed by atoms with Crippen LogP contribution in [-0.4, -0.2) is 35.0 Å². The van der Waals surface area contributed by atoms with Gasteiger partial charge in [-0.05, 0) is 98.8 Å². The molecule has 38 heavy (non-hydrogen) atoms. The summed E-state index contributed by atoms with van der Waals surface area (Å²) >= 11 is 0. The fourth-order valence-electron chi connectivity index (χ4n) is 10.1. The lowest BCUT2D eigenvalue weighted by atomic mass is 9.44. The number of hydrogen-bond donors (Lipinski definition) is 3. The van der Waals surface area contributed by atoms with E-state index in [0.717, 1.165) is 43.6 Å². The lowest BCUT2D eigenvalue weighted by molar-refractivity contribution is -0.140. The number of unbranched alkanes of at least 4 members (excludes halogenated alkanes) is 13. The van der Waals surface area contributed by atoms with Gasteiger partial charge in [-0.25, -0.2) is 0 Å². The van der Waals surface area contributed by atoms with Crippen molar-refractivity contribution < 1.29 is 10.2 Å². The molecule has 0 radical (unpaired) electrons. The van der Waals surface area contributed by atoms with Gasteiger partial charge in [0.25, 0.3) is 0 Å². The van der Waals surface area contributed by atoms with E-state index in [1.54, 1.807) is 0 Å². The summed E-state index contributed by atoms with van der Waals surface area (Å²) in [6.07, 6.45) is 29.0. The summed E-state index contributed by atoms with van der Waals surface area (Å²) < 4.78 is 0. The van der Waals surface area contributed by atoms with Gasteiger partial charge in [-0.2, -0.15) is 0 Å². The van der Waals surface area contributed by atoms with Crippen LogP contribution in [-0.2, 0) is 0 Å². The van der Waals surface area contributed by atoms with Crippen LogP contribution in [0.3, 0.4) is 0 Å². The number of aliphatic hydroxyl groups is 2. The number of fused-ring (bicyclic) bond motifs is 5. The monoisotopic (exact) mass is 532 g/mol. The Morgan fingerprint density at radius 3 is 1.87 bits per heavy atom. The molecule has 4 aliphatic carbocycles. The number of rotatable bonds is 16. The van der Waals surface area contributed by atoms with E-state index in [1.165, 1.54) is 122 Å². The van der Waals surface area contributed by atoms with Crippen molar-refractivity contribution in [2.45, 2.75) is 180 Å². The van der Waals surface area contributed by atoms with Crippen LogP contribution in [0.1, 0.15) is 162 Å². The maximum atomic E-state index is 11.1. The Balaban J connectivity index is 1.10. The van der Waals surface area contributed by atoms with Crippen LogP contribution in [0.4, 0.5) is 0 Å². The van der Waals surface area contributed by atoms with E-state index in [1.807, 2.05) is 0 Å². The predicted octanol–water partition coefficient (Wildman–Crippen LogP) is 8.80. The molecule has 3 heteroatoms. The third-order valence-corrected chi connectivity index (χ3v) is 12.6. The molecule has 0 saturated heterocycles. The van der Waals surface area contributed by atoms with Gasteiger partial charge in [0.1, 0.15) is 0 Å². The highest BCUT2D eigenvalue weighted by atomic mass is 16.3. The molecule has 222 valence electrons. The van der Waals surface area contributed by atoms with Crippen molar-refractivity contribution in [3.8, 4) is 0 Å². The van der Waals surface area contributed by atoms with E-state index in [2.05, 4.69) is 26.1 Å². The van der Waals surface area contributed by atoms with Gasteiger partial charge < -0.3 is 15.5 Å². The van der Waals surface area contributed by atoms with E-state index >= 15 is 0 Å². The molecule has 0 aromatic rings. The average molecular weight is 532 g/mol. The van der Waals surface area contributed by atoms with Crippen molar-refractivity contribution in [3.05, 3.63) is 0 Å². The van der Waals surface area contributed by atoms with Crippen LogP contribution >= 0.6 is 0 Å². The lowest BCUT2D eigenvalue weighted by Crippen LogP contribution is -2.59. The SMILES string of the molecule is CCCCCCCCCCCCCCCCN[C@H]1C[C@@]2(C)[C@@H](CC[C@@H]3[C@@H]2CC[C@]2(C)[C@@H](O)CC[C@@H]32)C[C@@H]1O. The van der Waals surface area contributed by atoms with Gasteiger partial charge in [0.05, 0.1) is 12.2 Å². The Hall–Kier alpha value is -0.120. The third kappa shape index (κ3) is 7.20. The molecule has 0 unspecified atom stereocenters. The summed E-state index contributed by atoms with van der Waals surface area (Å²) in [5, 5.41) is 25.7. The molecule has 4 aliphatic rings. The van der Waals surface area contributed by atoms with Crippen molar-refractivity contribution >= 4 is 0 Å². The highest BCUT2D eigenvalue weighted by molar-refractivity contribution is 5.11. The Labute approximate surface area is 236 Å². The number of nitrogens with one attached hydrogen (secondary N) is 1. The first kappa shape index (κ1) is 30.8. The molecule has 9 atom stereocenters. The highest BCUT2D eigenvalue weighted by Crippen LogP contribution is 2.66. The molecule has 0 spiro atoms. The van der Waals surface area contributed by atoms with Crippen molar-refractivity contribution in [2.24, 2.45) is 34.5 Å². The minimum atomic E-state index is -0.168. The lowest BCUT2D eigenvalue weighted by Gasteiger charge is -2.61. The second-order valence-electron chi connectivity index (χ2n) is 15.0. The van der Waals surface area contributed by atoms with Gasteiger partial charge in [0.15, 0.2) is 0 Å². The summed E-state index contributed by atoms with van der Waals surface area (Å²) in [5.74, 6) is 3.01. The van der Waals surface area contributed by atoms with Gasteiger partial charge in [-0.1, -0.05) is 104 Å². The van der Waals surface area contributed by atoms with E-state index in [-0.39, 0.29) is 23.7 Å². The van der Waals surface area contributed by atoms with Crippen LogP contribution in [0.2, 0.25) is 0 Å². The maximum Gasteiger partial charge on any atom is 0.0696 e. The zero-order chi connectivity index (χ0) is 27.0. The van der Waals surface area contributed by atoms with Crippen molar-refractivity contribution in [1.29, 1.82) is 0 Å². The minimum Gasteiger partial charge on any atom is -0.393 e. The van der Waals surface area contributed by atoms with E-state index < -0.39 is 0 Å². The largest absolute Gasteiger partial charge is 0.393 e. The molecule has 0 heterocycles. The number of hydrogen-bond acceptors (Lipinski definition) is 3. The highest BCUT2D eigenvalue weighted by Gasteiger charge is 2.60. The summed E-state index contributed by atoms with van der Waals surface area (Å²) in [4.78, 5) is 0. The molecular weight excluding hydrogens is 466 g/mol. The molecule has 4 rings (SSSR count). The normalized spacial score (nSPS) is 40.5. The summed E-state index contributed by atoms with van der Waals surface area (Å²) in [5.41, 5.74) is 0.536. The zero-order valence-corrected chi connectivity index (χ0v) is 25.7. The first-order chi connectivity index (χ1) is 18.4.